The van der Waals surface area contributed by atoms with Crippen LogP contribution < -0.4 is 5.32 Å². The number of halogens is 1. The molecule has 0 spiro atoms. The Labute approximate surface area is 101 Å². The van der Waals surface area contributed by atoms with Crippen molar-refractivity contribution in [2.45, 2.75) is 32.7 Å². The first kappa shape index (κ1) is 13.6. The highest BCUT2D eigenvalue weighted by Gasteiger charge is 2.20. The molecule has 3 nitrogen and oxygen atoms in total. The molecule has 2 N–H and O–H groups in total. The number of carbonyl (C=O) groups excluding carboxylic acids is 1. The van der Waals surface area contributed by atoms with Gasteiger partial charge < -0.3 is 10.4 Å². The van der Waals surface area contributed by atoms with Gasteiger partial charge in [0.1, 0.15) is 5.82 Å². The summed E-state index contributed by atoms with van der Waals surface area (Å²) < 4.78 is 13.1. The molecule has 0 heterocycles. The average Bonchev–Trinajstić information content (AvgIpc) is 2.21. The highest BCUT2D eigenvalue weighted by atomic mass is 19.1. The standard InChI is InChI=1S/C13H18FNO2/c1-9-8-10(4-5-11(9)14)12(17)15-13(2,3)6-7-16/h4-5,8,16H,6-7H2,1-3H3,(H,15,17). The molecular weight excluding hydrogens is 221 g/mol. The van der Waals surface area contributed by atoms with Gasteiger partial charge in [0.2, 0.25) is 0 Å². The van der Waals surface area contributed by atoms with E-state index in [4.69, 9.17) is 5.11 Å². The molecule has 4 heteroatoms. The summed E-state index contributed by atoms with van der Waals surface area (Å²) in [5.41, 5.74) is 0.390. The maximum absolute atomic E-state index is 13.1. The van der Waals surface area contributed by atoms with E-state index in [0.29, 0.717) is 17.5 Å². The lowest BCUT2D eigenvalue weighted by Gasteiger charge is -2.25. The van der Waals surface area contributed by atoms with Gasteiger partial charge in [-0.15, -0.1) is 0 Å². The van der Waals surface area contributed by atoms with E-state index in [0.717, 1.165) is 0 Å². The summed E-state index contributed by atoms with van der Waals surface area (Å²) in [6.07, 6.45) is 0.471. The molecule has 1 aromatic carbocycles. The largest absolute Gasteiger partial charge is 0.396 e. The summed E-state index contributed by atoms with van der Waals surface area (Å²) in [5, 5.41) is 11.7. The van der Waals surface area contributed by atoms with E-state index in [-0.39, 0.29) is 18.3 Å². The molecule has 94 valence electrons. The second kappa shape index (κ2) is 5.27. The first-order valence-electron chi connectivity index (χ1n) is 5.55. The monoisotopic (exact) mass is 239 g/mol. The number of rotatable bonds is 4. The van der Waals surface area contributed by atoms with E-state index >= 15 is 0 Å². The van der Waals surface area contributed by atoms with E-state index in [1.54, 1.807) is 6.92 Å². The Bertz CT molecular complexity index is 416. The van der Waals surface area contributed by atoms with E-state index < -0.39 is 5.54 Å². The van der Waals surface area contributed by atoms with Crippen LogP contribution in [0.2, 0.25) is 0 Å². The van der Waals surface area contributed by atoms with Crippen LogP contribution in [0.5, 0.6) is 0 Å². The van der Waals surface area contributed by atoms with Crippen molar-refractivity contribution in [3.8, 4) is 0 Å². The number of hydrogen-bond acceptors (Lipinski definition) is 2. The fraction of sp³-hybridized carbons (Fsp3) is 0.462. The van der Waals surface area contributed by atoms with E-state index in [1.165, 1.54) is 18.2 Å². The van der Waals surface area contributed by atoms with Crippen LogP contribution >= 0.6 is 0 Å². The highest BCUT2D eigenvalue weighted by molar-refractivity contribution is 5.94. The molecular formula is C13H18FNO2. The normalized spacial score (nSPS) is 11.4. The molecule has 17 heavy (non-hydrogen) atoms. The first-order valence-corrected chi connectivity index (χ1v) is 5.55. The number of benzene rings is 1. The van der Waals surface area contributed by atoms with E-state index in [1.807, 2.05) is 13.8 Å². The summed E-state index contributed by atoms with van der Waals surface area (Å²) >= 11 is 0. The Morgan fingerprint density at radius 2 is 2.12 bits per heavy atom. The lowest BCUT2D eigenvalue weighted by atomic mass is 10.0. The van der Waals surface area contributed by atoms with Crippen molar-refractivity contribution in [3.05, 3.63) is 35.1 Å². The van der Waals surface area contributed by atoms with Gasteiger partial charge in [-0.3, -0.25) is 4.79 Å². The molecule has 0 unspecified atom stereocenters. The van der Waals surface area contributed by atoms with Gasteiger partial charge in [0.15, 0.2) is 0 Å². The van der Waals surface area contributed by atoms with Crippen molar-refractivity contribution in [3.63, 3.8) is 0 Å². The second-order valence-corrected chi connectivity index (χ2v) is 4.78. The zero-order valence-corrected chi connectivity index (χ0v) is 10.4. The third kappa shape index (κ3) is 3.82. The van der Waals surface area contributed by atoms with Gasteiger partial charge in [-0.25, -0.2) is 4.39 Å². The fourth-order valence-electron chi connectivity index (χ4n) is 1.51. The molecule has 1 rings (SSSR count). The molecule has 0 aliphatic carbocycles. The Balaban J connectivity index is 2.80. The van der Waals surface area contributed by atoms with Crippen LogP contribution in [0.15, 0.2) is 18.2 Å². The minimum absolute atomic E-state index is 0.00965. The van der Waals surface area contributed by atoms with Crippen LogP contribution in [-0.4, -0.2) is 23.2 Å². The van der Waals surface area contributed by atoms with Crippen LogP contribution in [0.3, 0.4) is 0 Å². The summed E-state index contributed by atoms with van der Waals surface area (Å²) in [5.74, 6) is -0.581. The molecule has 1 amide bonds. The van der Waals surface area contributed by atoms with Crippen LogP contribution in [-0.2, 0) is 0 Å². The Morgan fingerprint density at radius 3 is 2.65 bits per heavy atom. The number of aryl methyl sites for hydroxylation is 1. The van der Waals surface area contributed by atoms with Crippen LogP contribution in [0.1, 0.15) is 36.2 Å². The molecule has 0 saturated carbocycles. The fourth-order valence-corrected chi connectivity index (χ4v) is 1.51. The number of aliphatic hydroxyl groups is 1. The van der Waals surface area contributed by atoms with Crippen LogP contribution in [0.25, 0.3) is 0 Å². The SMILES string of the molecule is Cc1cc(C(=O)NC(C)(C)CCO)ccc1F. The highest BCUT2D eigenvalue weighted by Crippen LogP contribution is 2.12. The quantitative estimate of drug-likeness (QED) is 0.844. The molecule has 0 bridgehead atoms. The molecule has 0 aromatic heterocycles. The van der Waals surface area contributed by atoms with Crippen LogP contribution in [0.4, 0.5) is 4.39 Å². The zero-order chi connectivity index (χ0) is 13.1. The number of hydrogen-bond donors (Lipinski definition) is 2. The number of nitrogens with one attached hydrogen (secondary N) is 1. The maximum atomic E-state index is 13.1. The second-order valence-electron chi connectivity index (χ2n) is 4.78. The minimum atomic E-state index is -0.478. The van der Waals surface area contributed by atoms with Gasteiger partial charge in [-0.2, -0.15) is 0 Å². The zero-order valence-electron chi connectivity index (χ0n) is 10.4. The smallest absolute Gasteiger partial charge is 0.251 e. The maximum Gasteiger partial charge on any atom is 0.251 e. The summed E-state index contributed by atoms with van der Waals surface area (Å²) in [4.78, 5) is 11.9. The third-order valence-electron chi connectivity index (χ3n) is 2.61. The van der Waals surface area contributed by atoms with Gasteiger partial charge in [0.05, 0.1) is 0 Å². The van der Waals surface area contributed by atoms with Gasteiger partial charge in [-0.05, 0) is 51.0 Å². The summed E-state index contributed by atoms with van der Waals surface area (Å²) in [6.45, 7) is 5.29. The van der Waals surface area contributed by atoms with Gasteiger partial charge in [-0.1, -0.05) is 0 Å². The van der Waals surface area contributed by atoms with Crippen molar-refractivity contribution in [1.82, 2.24) is 5.32 Å². The first-order chi connectivity index (χ1) is 7.85. The van der Waals surface area contributed by atoms with Crippen molar-refractivity contribution in [2.75, 3.05) is 6.61 Å². The van der Waals surface area contributed by atoms with Crippen molar-refractivity contribution in [1.29, 1.82) is 0 Å². The molecule has 1 aromatic rings. The van der Waals surface area contributed by atoms with Crippen molar-refractivity contribution in [2.24, 2.45) is 0 Å². The van der Waals surface area contributed by atoms with E-state index in [9.17, 15) is 9.18 Å². The van der Waals surface area contributed by atoms with Gasteiger partial charge >= 0.3 is 0 Å². The predicted molar refractivity (Wildman–Crippen MR) is 64.4 cm³/mol. The van der Waals surface area contributed by atoms with Gasteiger partial charge in [0, 0.05) is 17.7 Å². The third-order valence-corrected chi connectivity index (χ3v) is 2.61. The Hall–Kier alpha value is -1.42. The topological polar surface area (TPSA) is 49.3 Å². The van der Waals surface area contributed by atoms with Crippen molar-refractivity contribution >= 4 is 5.91 Å². The number of aliphatic hydroxyl groups excluding tert-OH is 1. The average molecular weight is 239 g/mol. The molecule has 0 atom stereocenters. The Kier molecular flexibility index (Phi) is 4.23. The Morgan fingerprint density at radius 1 is 1.47 bits per heavy atom. The summed E-state index contributed by atoms with van der Waals surface area (Å²) in [6, 6.07) is 4.25. The number of amides is 1. The molecule has 0 radical (unpaired) electrons. The lowest BCUT2D eigenvalue weighted by Crippen LogP contribution is -2.44. The predicted octanol–water partition coefficient (Wildman–Crippen LogP) is 2.02. The lowest BCUT2D eigenvalue weighted by molar-refractivity contribution is 0.0899. The minimum Gasteiger partial charge on any atom is -0.396 e. The van der Waals surface area contributed by atoms with Gasteiger partial charge in [0.25, 0.3) is 5.91 Å². The molecule has 0 fully saturated rings. The van der Waals surface area contributed by atoms with Crippen molar-refractivity contribution < 1.29 is 14.3 Å². The molecule has 0 aliphatic heterocycles. The molecule has 0 aliphatic rings. The van der Waals surface area contributed by atoms with Crippen LogP contribution in [0, 0.1) is 12.7 Å². The molecule has 0 saturated heterocycles. The number of carbonyl (C=O) groups is 1. The summed E-state index contributed by atoms with van der Waals surface area (Å²) in [7, 11) is 0. The van der Waals surface area contributed by atoms with E-state index in [2.05, 4.69) is 5.32 Å².